The highest BCUT2D eigenvalue weighted by molar-refractivity contribution is 6.06. The summed E-state index contributed by atoms with van der Waals surface area (Å²) in [5.41, 5.74) is 0.270. The Balaban J connectivity index is 1.70. The average Bonchev–Trinajstić information content (AvgIpc) is 3.33. The largest absolute Gasteiger partial charge is 0.497 e. The van der Waals surface area contributed by atoms with Crippen molar-refractivity contribution in [2.75, 3.05) is 21.3 Å². The van der Waals surface area contributed by atoms with Gasteiger partial charge in [0.25, 0.3) is 5.91 Å². The lowest BCUT2D eigenvalue weighted by Crippen LogP contribution is -2.63. The molecule has 0 saturated carbocycles. The van der Waals surface area contributed by atoms with Crippen molar-refractivity contribution >= 4 is 17.8 Å². The summed E-state index contributed by atoms with van der Waals surface area (Å²) < 4.78 is 17.0. The Morgan fingerprint density at radius 2 is 1.86 bits per heavy atom. The summed E-state index contributed by atoms with van der Waals surface area (Å²) in [4.78, 5) is 45.3. The molecule has 3 aromatic rings. The fraction of sp³-hybridized carbons (Fsp3) is 0.308. The molecular formula is C26H28N4O6. The number of para-hydroxylation sites is 1. The number of hydrogen-bond acceptors (Lipinski definition) is 7. The fourth-order valence-electron chi connectivity index (χ4n) is 4.35. The van der Waals surface area contributed by atoms with Crippen LogP contribution in [-0.2, 0) is 29.2 Å². The number of methoxy groups -OCH3 is 3. The lowest BCUT2D eigenvalue weighted by atomic mass is 9.93. The van der Waals surface area contributed by atoms with Crippen molar-refractivity contribution in [1.29, 1.82) is 0 Å². The van der Waals surface area contributed by atoms with Gasteiger partial charge in [-0.3, -0.25) is 9.59 Å². The quantitative estimate of drug-likeness (QED) is 0.481. The van der Waals surface area contributed by atoms with Crippen molar-refractivity contribution in [3.8, 4) is 11.5 Å². The predicted octanol–water partition coefficient (Wildman–Crippen LogP) is 2.42. The van der Waals surface area contributed by atoms with E-state index < -0.39 is 17.4 Å². The third-order valence-corrected chi connectivity index (χ3v) is 6.33. The molecule has 2 heterocycles. The summed E-state index contributed by atoms with van der Waals surface area (Å²) in [6.45, 7) is 2.12. The number of carbonyl (C=O) groups is 3. The maximum absolute atomic E-state index is 13.8. The van der Waals surface area contributed by atoms with E-state index in [1.807, 2.05) is 36.4 Å². The van der Waals surface area contributed by atoms with E-state index in [1.54, 1.807) is 33.3 Å². The van der Waals surface area contributed by atoms with Crippen LogP contribution in [0.2, 0.25) is 0 Å². The monoisotopic (exact) mass is 492 g/mol. The zero-order valence-corrected chi connectivity index (χ0v) is 20.6. The third kappa shape index (κ3) is 4.49. The molecule has 10 nitrogen and oxygen atoms in total. The first-order chi connectivity index (χ1) is 17.3. The van der Waals surface area contributed by atoms with Crippen LogP contribution < -0.4 is 14.8 Å². The molecule has 10 heteroatoms. The van der Waals surface area contributed by atoms with E-state index in [1.165, 1.54) is 22.9 Å². The number of nitrogens with one attached hydrogen (secondary N) is 1. The molecule has 1 aromatic heterocycles. The number of esters is 1. The highest BCUT2D eigenvalue weighted by Gasteiger charge is 2.49. The molecule has 4 rings (SSSR count). The summed E-state index contributed by atoms with van der Waals surface area (Å²) in [5, 5.41) is 2.95. The van der Waals surface area contributed by atoms with Gasteiger partial charge in [0.15, 0.2) is 5.69 Å². The van der Waals surface area contributed by atoms with Crippen LogP contribution in [0.1, 0.15) is 39.0 Å². The summed E-state index contributed by atoms with van der Waals surface area (Å²) in [6, 6.07) is 14.6. The van der Waals surface area contributed by atoms with E-state index in [0.717, 1.165) is 11.1 Å². The van der Waals surface area contributed by atoms with E-state index in [0.29, 0.717) is 11.5 Å². The molecule has 1 aliphatic heterocycles. The fourth-order valence-corrected chi connectivity index (χ4v) is 4.35. The van der Waals surface area contributed by atoms with Gasteiger partial charge in [-0.1, -0.05) is 30.3 Å². The minimum atomic E-state index is -1.29. The Kier molecular flexibility index (Phi) is 6.96. The molecule has 0 fully saturated rings. The molecule has 1 atom stereocenters. The highest BCUT2D eigenvalue weighted by atomic mass is 16.5. The molecule has 0 spiro atoms. The first-order valence-electron chi connectivity index (χ1n) is 11.3. The van der Waals surface area contributed by atoms with Crippen LogP contribution in [0.25, 0.3) is 0 Å². The minimum Gasteiger partial charge on any atom is -0.497 e. The number of rotatable bonds is 8. The average molecular weight is 493 g/mol. The van der Waals surface area contributed by atoms with Crippen molar-refractivity contribution in [2.24, 2.45) is 0 Å². The van der Waals surface area contributed by atoms with E-state index in [4.69, 9.17) is 14.2 Å². The summed E-state index contributed by atoms with van der Waals surface area (Å²) in [5.74, 6) is -0.307. The Bertz CT molecular complexity index is 1300. The summed E-state index contributed by atoms with van der Waals surface area (Å²) in [7, 11) is 4.35. The van der Waals surface area contributed by atoms with Crippen molar-refractivity contribution in [2.45, 2.75) is 32.1 Å². The van der Waals surface area contributed by atoms with Gasteiger partial charge in [0.2, 0.25) is 5.91 Å². The van der Waals surface area contributed by atoms with Gasteiger partial charge in [-0.2, -0.15) is 0 Å². The third-order valence-electron chi connectivity index (χ3n) is 6.33. The predicted molar refractivity (Wildman–Crippen MR) is 130 cm³/mol. The molecule has 0 saturated heterocycles. The van der Waals surface area contributed by atoms with Crippen LogP contribution >= 0.6 is 0 Å². The Morgan fingerprint density at radius 1 is 1.08 bits per heavy atom. The van der Waals surface area contributed by atoms with E-state index >= 15 is 0 Å². The first kappa shape index (κ1) is 24.8. The number of aromatic nitrogens is 2. The number of amides is 2. The van der Waals surface area contributed by atoms with E-state index in [9.17, 15) is 14.4 Å². The summed E-state index contributed by atoms with van der Waals surface area (Å²) >= 11 is 0. The first-order valence-corrected chi connectivity index (χ1v) is 11.3. The van der Waals surface area contributed by atoms with Gasteiger partial charge in [-0.25, -0.2) is 9.78 Å². The van der Waals surface area contributed by atoms with Crippen LogP contribution in [-0.4, -0.2) is 59.1 Å². The highest BCUT2D eigenvalue weighted by Crippen LogP contribution is 2.31. The van der Waals surface area contributed by atoms with Crippen LogP contribution in [0.5, 0.6) is 11.5 Å². The van der Waals surface area contributed by atoms with E-state index in [-0.39, 0.29) is 36.9 Å². The zero-order chi connectivity index (χ0) is 25.9. The number of ether oxygens (including phenoxy) is 3. The van der Waals surface area contributed by atoms with E-state index in [2.05, 4.69) is 10.3 Å². The number of hydrogen-bond donors (Lipinski definition) is 1. The molecule has 1 aliphatic rings. The minimum absolute atomic E-state index is 0.0831. The van der Waals surface area contributed by atoms with Gasteiger partial charge >= 0.3 is 5.97 Å². The van der Waals surface area contributed by atoms with Crippen LogP contribution in [0, 0.1) is 0 Å². The van der Waals surface area contributed by atoms with Crippen molar-refractivity contribution in [3.05, 3.63) is 77.4 Å². The molecule has 0 radical (unpaired) electrons. The SMILES string of the molecule is COC(=O)c1ncn2c1C(=O)N(Cc1cccc(OC)c1)[C@](C)(C(=O)NCc1ccccc1OC)C2. The second-order valence-electron chi connectivity index (χ2n) is 8.57. The smallest absolute Gasteiger partial charge is 0.359 e. The topological polar surface area (TPSA) is 112 Å². The number of imidazole rings is 1. The Morgan fingerprint density at radius 3 is 2.58 bits per heavy atom. The Labute approximate surface area is 208 Å². The molecule has 0 unspecified atom stereocenters. The zero-order valence-electron chi connectivity index (χ0n) is 20.6. The molecule has 36 heavy (non-hydrogen) atoms. The molecular weight excluding hydrogens is 464 g/mol. The van der Waals surface area contributed by atoms with Crippen LogP contribution in [0.3, 0.4) is 0 Å². The maximum Gasteiger partial charge on any atom is 0.359 e. The van der Waals surface area contributed by atoms with Gasteiger partial charge in [0.05, 0.1) is 34.2 Å². The second-order valence-corrected chi connectivity index (χ2v) is 8.57. The van der Waals surface area contributed by atoms with Gasteiger partial charge in [0.1, 0.15) is 22.7 Å². The molecule has 188 valence electrons. The molecule has 0 bridgehead atoms. The summed E-state index contributed by atoms with van der Waals surface area (Å²) in [6.07, 6.45) is 1.38. The normalized spacial score (nSPS) is 16.8. The van der Waals surface area contributed by atoms with Crippen molar-refractivity contribution < 1.29 is 28.6 Å². The molecule has 1 N–H and O–H groups in total. The van der Waals surface area contributed by atoms with Crippen molar-refractivity contribution in [3.63, 3.8) is 0 Å². The second kappa shape index (κ2) is 10.1. The molecule has 0 aliphatic carbocycles. The van der Waals surface area contributed by atoms with Crippen LogP contribution in [0.15, 0.2) is 54.9 Å². The Hall–Kier alpha value is -4.34. The standard InChI is InChI=1S/C26H28N4O6/c1-26(25(33)27-13-18-9-5-6-11-20(18)35-3)15-29-16-28-21(24(32)36-4)22(29)23(31)30(26)14-17-8-7-10-19(12-17)34-2/h5-12,16H,13-15H2,1-4H3,(H,27,33)/t26-/m0/s1. The van der Waals surface area contributed by atoms with Gasteiger partial charge in [-0.15, -0.1) is 0 Å². The van der Waals surface area contributed by atoms with Gasteiger partial charge < -0.3 is 29.0 Å². The number of nitrogens with zero attached hydrogens (tertiary/aromatic N) is 3. The lowest BCUT2D eigenvalue weighted by molar-refractivity contribution is -0.133. The molecule has 2 amide bonds. The maximum atomic E-state index is 13.8. The van der Waals surface area contributed by atoms with Crippen LogP contribution in [0.4, 0.5) is 0 Å². The molecule has 2 aromatic carbocycles. The van der Waals surface area contributed by atoms with Gasteiger partial charge in [-0.05, 0) is 30.7 Å². The number of benzene rings is 2. The number of fused-ring (bicyclic) bond motifs is 1. The van der Waals surface area contributed by atoms with Crippen molar-refractivity contribution in [1.82, 2.24) is 19.8 Å². The number of carbonyl (C=O) groups excluding carboxylic acids is 3. The lowest BCUT2D eigenvalue weighted by Gasteiger charge is -2.43. The van der Waals surface area contributed by atoms with Gasteiger partial charge in [0, 0.05) is 18.7 Å².